The fraction of sp³-hybridized carbons (Fsp3) is 0.368. The van der Waals surface area contributed by atoms with Crippen LogP contribution in [0.25, 0.3) is 0 Å². The molecule has 0 fully saturated rings. The number of nitrogens with zero attached hydrogens (tertiary/aromatic N) is 1. The van der Waals surface area contributed by atoms with Crippen molar-refractivity contribution in [2.24, 2.45) is 10.7 Å². The highest BCUT2D eigenvalue weighted by molar-refractivity contribution is 14.0. The number of nitrogens with one attached hydrogen (secondary N) is 2. The average molecular weight is 488 g/mol. The molecule has 1 aromatic carbocycles. The van der Waals surface area contributed by atoms with Crippen LogP contribution in [0.1, 0.15) is 42.6 Å². The Morgan fingerprint density at radius 2 is 2.00 bits per heavy atom. The van der Waals surface area contributed by atoms with Crippen molar-refractivity contribution in [1.82, 2.24) is 10.6 Å². The normalized spacial score (nSPS) is 11.6. The molecule has 2 aromatic rings. The lowest BCUT2D eigenvalue weighted by Crippen LogP contribution is -2.43. The molecule has 0 aliphatic rings. The molecule has 148 valence electrons. The highest BCUT2D eigenvalue weighted by Crippen LogP contribution is 2.22. The van der Waals surface area contributed by atoms with Gasteiger partial charge in [0.05, 0.1) is 0 Å². The van der Waals surface area contributed by atoms with E-state index in [0.29, 0.717) is 24.8 Å². The summed E-state index contributed by atoms with van der Waals surface area (Å²) in [6, 6.07) is 9.79. The molecular weight excluding hydrogens is 462 g/mol. The number of primary amides is 1. The van der Waals surface area contributed by atoms with Crippen LogP contribution in [0, 0.1) is 5.82 Å². The molecule has 0 saturated heterocycles. The van der Waals surface area contributed by atoms with Crippen molar-refractivity contribution >= 4 is 35.8 Å². The van der Waals surface area contributed by atoms with E-state index in [2.05, 4.69) is 15.6 Å². The van der Waals surface area contributed by atoms with Crippen LogP contribution in [0.3, 0.4) is 0 Å². The maximum atomic E-state index is 13.5. The fourth-order valence-corrected chi connectivity index (χ4v) is 2.41. The Bertz CT molecular complexity index is 790. The van der Waals surface area contributed by atoms with Gasteiger partial charge in [0.15, 0.2) is 11.7 Å². The average Bonchev–Trinajstić information content (AvgIpc) is 3.07. The third kappa shape index (κ3) is 6.85. The molecule has 0 aliphatic heterocycles. The molecule has 1 aromatic heterocycles. The number of nitrogens with two attached hydrogens (primary N) is 1. The second kappa shape index (κ2) is 10.3. The number of carbonyl (C=O) groups is 1. The molecule has 1 amide bonds. The number of carbonyl (C=O) groups excluding carboxylic acids is 1. The molecule has 27 heavy (non-hydrogen) atoms. The molecule has 0 spiro atoms. The van der Waals surface area contributed by atoms with E-state index in [0.717, 1.165) is 5.56 Å². The van der Waals surface area contributed by atoms with Crippen molar-refractivity contribution in [3.63, 3.8) is 0 Å². The van der Waals surface area contributed by atoms with Crippen LogP contribution in [0.2, 0.25) is 0 Å². The molecule has 0 bridgehead atoms. The Hall–Kier alpha value is -2.10. The van der Waals surface area contributed by atoms with Gasteiger partial charge in [-0.15, -0.1) is 24.0 Å². The number of furan rings is 1. The first-order chi connectivity index (χ1) is 12.3. The van der Waals surface area contributed by atoms with Gasteiger partial charge in [0.1, 0.15) is 18.1 Å². The minimum Gasteiger partial charge on any atom is -0.454 e. The number of rotatable bonds is 7. The number of hydrogen-bond donors (Lipinski definition) is 3. The van der Waals surface area contributed by atoms with Crippen LogP contribution in [0.5, 0.6) is 0 Å². The van der Waals surface area contributed by atoms with Gasteiger partial charge in [-0.1, -0.05) is 26.0 Å². The molecule has 2 rings (SSSR count). The number of guanidine groups is 1. The number of amides is 1. The summed E-state index contributed by atoms with van der Waals surface area (Å²) in [5.41, 5.74) is 5.78. The van der Waals surface area contributed by atoms with Gasteiger partial charge in [0, 0.05) is 18.5 Å². The number of aliphatic imine (C=N–C) groups is 1. The summed E-state index contributed by atoms with van der Waals surface area (Å²) >= 11 is 0. The van der Waals surface area contributed by atoms with E-state index in [1.54, 1.807) is 18.2 Å². The van der Waals surface area contributed by atoms with Crippen LogP contribution < -0.4 is 16.4 Å². The number of halogens is 2. The van der Waals surface area contributed by atoms with Crippen LogP contribution >= 0.6 is 24.0 Å². The quantitative estimate of drug-likeness (QED) is 0.317. The molecule has 4 N–H and O–H groups in total. The zero-order valence-corrected chi connectivity index (χ0v) is 18.0. The van der Waals surface area contributed by atoms with E-state index >= 15 is 0 Å². The highest BCUT2D eigenvalue weighted by Gasteiger charge is 2.21. The van der Waals surface area contributed by atoms with Gasteiger partial charge in [0.25, 0.3) is 5.91 Å². The van der Waals surface area contributed by atoms with Crippen molar-refractivity contribution in [1.29, 1.82) is 0 Å². The number of benzene rings is 1. The fourth-order valence-electron chi connectivity index (χ4n) is 2.41. The lowest BCUT2D eigenvalue weighted by Gasteiger charge is -2.26. The Morgan fingerprint density at radius 1 is 1.26 bits per heavy atom. The Balaban J connectivity index is 0.00000364. The van der Waals surface area contributed by atoms with Gasteiger partial charge < -0.3 is 20.8 Å². The Labute approximate surface area is 175 Å². The van der Waals surface area contributed by atoms with Crippen molar-refractivity contribution < 1.29 is 13.6 Å². The lowest BCUT2D eigenvalue weighted by atomic mass is 9.84. The molecule has 0 atom stereocenters. The maximum Gasteiger partial charge on any atom is 0.284 e. The Morgan fingerprint density at radius 3 is 2.59 bits per heavy atom. The summed E-state index contributed by atoms with van der Waals surface area (Å²) in [6.07, 6.45) is 0. The smallest absolute Gasteiger partial charge is 0.284 e. The first-order valence-corrected chi connectivity index (χ1v) is 8.48. The van der Waals surface area contributed by atoms with Crippen molar-refractivity contribution in [3.8, 4) is 0 Å². The SMILES string of the molecule is CCNC(=NCc1ccc(C(N)=O)o1)NCC(C)(C)c1cccc(F)c1.I. The standard InChI is InChI=1S/C19H25FN4O2.HI/c1-4-22-18(23-11-15-8-9-16(26-15)17(21)25)24-12-19(2,3)13-6-5-7-14(20)10-13;/h5-10H,4,11-12H2,1-3H3,(H2,21,25)(H2,22,23,24);1H. The second-order valence-electron chi connectivity index (χ2n) is 6.57. The summed E-state index contributed by atoms with van der Waals surface area (Å²) in [6.45, 7) is 7.55. The monoisotopic (exact) mass is 488 g/mol. The summed E-state index contributed by atoms with van der Waals surface area (Å²) in [4.78, 5) is 15.5. The predicted molar refractivity (Wildman–Crippen MR) is 115 cm³/mol. The van der Waals surface area contributed by atoms with Crippen molar-refractivity contribution in [2.45, 2.75) is 32.7 Å². The summed E-state index contributed by atoms with van der Waals surface area (Å²) in [7, 11) is 0. The highest BCUT2D eigenvalue weighted by atomic mass is 127. The molecule has 6 nitrogen and oxygen atoms in total. The molecule has 1 heterocycles. The maximum absolute atomic E-state index is 13.5. The van der Waals surface area contributed by atoms with Gasteiger partial charge in [-0.3, -0.25) is 4.79 Å². The number of hydrogen-bond acceptors (Lipinski definition) is 3. The van der Waals surface area contributed by atoms with Gasteiger partial charge in [-0.2, -0.15) is 0 Å². The van der Waals surface area contributed by atoms with Crippen LogP contribution in [-0.4, -0.2) is 25.0 Å². The third-order valence-corrected chi connectivity index (χ3v) is 3.95. The van der Waals surface area contributed by atoms with E-state index in [-0.39, 0.29) is 47.5 Å². The van der Waals surface area contributed by atoms with Gasteiger partial charge in [-0.05, 0) is 36.8 Å². The minimum absolute atomic E-state index is 0. The largest absolute Gasteiger partial charge is 0.454 e. The minimum atomic E-state index is -0.609. The Kier molecular flexibility index (Phi) is 8.74. The predicted octanol–water partition coefficient (Wildman–Crippen LogP) is 3.17. The summed E-state index contributed by atoms with van der Waals surface area (Å²) in [5, 5.41) is 6.41. The summed E-state index contributed by atoms with van der Waals surface area (Å²) in [5.74, 6) is 0.399. The van der Waals surface area contributed by atoms with E-state index in [1.165, 1.54) is 12.1 Å². The molecule has 0 saturated carbocycles. The third-order valence-electron chi connectivity index (χ3n) is 3.95. The van der Waals surface area contributed by atoms with Gasteiger partial charge in [0.2, 0.25) is 0 Å². The second-order valence-corrected chi connectivity index (χ2v) is 6.57. The molecule has 0 unspecified atom stereocenters. The zero-order valence-electron chi connectivity index (χ0n) is 15.7. The topological polar surface area (TPSA) is 92.6 Å². The van der Waals surface area contributed by atoms with E-state index in [1.807, 2.05) is 26.8 Å². The van der Waals surface area contributed by atoms with Gasteiger partial charge in [-0.25, -0.2) is 9.38 Å². The van der Waals surface area contributed by atoms with Crippen molar-refractivity contribution in [2.75, 3.05) is 13.1 Å². The first kappa shape index (κ1) is 22.9. The molecular formula is C19H26FIN4O2. The van der Waals surface area contributed by atoms with Crippen LogP contribution in [-0.2, 0) is 12.0 Å². The molecule has 0 radical (unpaired) electrons. The first-order valence-electron chi connectivity index (χ1n) is 8.48. The van der Waals surface area contributed by atoms with Gasteiger partial charge >= 0.3 is 0 Å². The van der Waals surface area contributed by atoms with Crippen LogP contribution in [0.15, 0.2) is 45.8 Å². The lowest BCUT2D eigenvalue weighted by molar-refractivity contribution is 0.0972. The van der Waals surface area contributed by atoms with E-state index < -0.39 is 5.91 Å². The van der Waals surface area contributed by atoms with Crippen LogP contribution in [0.4, 0.5) is 4.39 Å². The van der Waals surface area contributed by atoms with Crippen molar-refractivity contribution in [3.05, 3.63) is 59.3 Å². The molecule has 8 heteroatoms. The summed E-state index contributed by atoms with van der Waals surface area (Å²) < 4.78 is 18.8. The van der Waals surface area contributed by atoms with E-state index in [4.69, 9.17) is 10.2 Å². The zero-order chi connectivity index (χ0) is 19.2. The molecule has 0 aliphatic carbocycles. The van der Waals surface area contributed by atoms with E-state index in [9.17, 15) is 9.18 Å².